The molecule has 2 N–H and O–H groups in total. The number of benzene rings is 2. The first-order valence-corrected chi connectivity index (χ1v) is 6.45. The van der Waals surface area contributed by atoms with Crippen molar-refractivity contribution in [2.24, 2.45) is 0 Å². The molecule has 0 saturated carbocycles. The van der Waals surface area contributed by atoms with Crippen LogP contribution < -0.4 is 5.32 Å². The Hall–Kier alpha value is -2.27. The SMILES string of the molecule is Cc1cccc(C(=O)NC[C@@H](O)c2ccc(F)cc2F)c1. The smallest absolute Gasteiger partial charge is 0.251 e. The highest BCUT2D eigenvalue weighted by Gasteiger charge is 2.15. The summed E-state index contributed by atoms with van der Waals surface area (Å²) in [6.07, 6.45) is -1.24. The molecule has 5 heteroatoms. The Kier molecular flexibility index (Phi) is 4.65. The van der Waals surface area contributed by atoms with Gasteiger partial charge < -0.3 is 10.4 Å². The van der Waals surface area contributed by atoms with Crippen LogP contribution in [-0.2, 0) is 0 Å². The largest absolute Gasteiger partial charge is 0.386 e. The van der Waals surface area contributed by atoms with Crippen molar-refractivity contribution in [2.75, 3.05) is 6.54 Å². The Morgan fingerprint density at radius 2 is 2.00 bits per heavy atom. The van der Waals surface area contributed by atoms with Crippen LogP contribution in [0, 0.1) is 18.6 Å². The van der Waals surface area contributed by atoms with Gasteiger partial charge in [0.05, 0.1) is 6.10 Å². The van der Waals surface area contributed by atoms with Gasteiger partial charge in [0, 0.05) is 23.7 Å². The maximum Gasteiger partial charge on any atom is 0.251 e. The van der Waals surface area contributed by atoms with Gasteiger partial charge in [0.25, 0.3) is 5.91 Å². The quantitative estimate of drug-likeness (QED) is 0.910. The summed E-state index contributed by atoms with van der Waals surface area (Å²) in [5, 5.41) is 12.4. The maximum absolute atomic E-state index is 13.5. The fraction of sp³-hybridized carbons (Fsp3) is 0.188. The van der Waals surface area contributed by atoms with E-state index in [4.69, 9.17) is 0 Å². The highest BCUT2D eigenvalue weighted by atomic mass is 19.1. The van der Waals surface area contributed by atoms with E-state index in [1.54, 1.807) is 18.2 Å². The fourth-order valence-corrected chi connectivity index (χ4v) is 1.96. The van der Waals surface area contributed by atoms with Gasteiger partial charge in [0.15, 0.2) is 0 Å². The molecule has 2 aromatic carbocycles. The van der Waals surface area contributed by atoms with Crippen molar-refractivity contribution in [3.8, 4) is 0 Å². The van der Waals surface area contributed by atoms with Crippen molar-refractivity contribution in [1.82, 2.24) is 5.32 Å². The number of amides is 1. The summed E-state index contributed by atoms with van der Waals surface area (Å²) in [4.78, 5) is 11.9. The third-order valence-electron chi connectivity index (χ3n) is 3.06. The minimum absolute atomic E-state index is 0.0547. The van der Waals surface area contributed by atoms with E-state index in [1.165, 1.54) is 0 Å². The third-order valence-corrected chi connectivity index (χ3v) is 3.06. The number of rotatable bonds is 4. The fourth-order valence-electron chi connectivity index (χ4n) is 1.96. The Labute approximate surface area is 121 Å². The van der Waals surface area contributed by atoms with Crippen LogP contribution >= 0.6 is 0 Å². The number of aryl methyl sites for hydroxylation is 1. The molecular formula is C16H15F2NO2. The summed E-state index contributed by atoms with van der Waals surface area (Å²) in [7, 11) is 0. The van der Waals surface area contributed by atoms with Crippen molar-refractivity contribution in [1.29, 1.82) is 0 Å². The molecule has 0 aromatic heterocycles. The first kappa shape index (κ1) is 15.1. The summed E-state index contributed by atoms with van der Waals surface area (Å²) in [6, 6.07) is 9.88. The van der Waals surface area contributed by atoms with Gasteiger partial charge in [-0.1, -0.05) is 23.8 Å². The topological polar surface area (TPSA) is 49.3 Å². The van der Waals surface area contributed by atoms with Gasteiger partial charge >= 0.3 is 0 Å². The molecule has 0 fully saturated rings. The predicted molar refractivity (Wildman–Crippen MR) is 74.8 cm³/mol. The van der Waals surface area contributed by atoms with E-state index in [1.807, 2.05) is 13.0 Å². The normalized spacial score (nSPS) is 12.0. The Morgan fingerprint density at radius 3 is 2.67 bits per heavy atom. The van der Waals surface area contributed by atoms with Crippen molar-refractivity contribution in [3.05, 3.63) is 70.8 Å². The number of nitrogens with one attached hydrogen (secondary N) is 1. The summed E-state index contributed by atoms with van der Waals surface area (Å²) in [6.45, 7) is 1.70. The zero-order valence-corrected chi connectivity index (χ0v) is 11.4. The third kappa shape index (κ3) is 3.86. The monoisotopic (exact) mass is 291 g/mol. The second-order valence-corrected chi connectivity index (χ2v) is 4.76. The summed E-state index contributed by atoms with van der Waals surface area (Å²) in [5.41, 5.74) is 1.34. The van der Waals surface area contributed by atoms with Crippen LogP contribution in [0.3, 0.4) is 0 Å². The second-order valence-electron chi connectivity index (χ2n) is 4.76. The van der Waals surface area contributed by atoms with Crippen LogP contribution in [0.1, 0.15) is 27.6 Å². The molecule has 110 valence electrons. The average molecular weight is 291 g/mol. The molecule has 0 aliphatic rings. The van der Waals surface area contributed by atoms with Crippen LogP contribution in [0.5, 0.6) is 0 Å². The minimum Gasteiger partial charge on any atom is -0.386 e. The molecule has 2 aromatic rings. The molecule has 0 unspecified atom stereocenters. The number of aliphatic hydroxyl groups is 1. The van der Waals surface area contributed by atoms with Gasteiger partial charge in [0.2, 0.25) is 0 Å². The summed E-state index contributed by atoms with van der Waals surface area (Å²) in [5.74, 6) is -1.92. The maximum atomic E-state index is 13.5. The Balaban J connectivity index is 2.00. The lowest BCUT2D eigenvalue weighted by Gasteiger charge is -2.13. The van der Waals surface area contributed by atoms with E-state index in [2.05, 4.69) is 5.32 Å². The predicted octanol–water partition coefficient (Wildman–Crippen LogP) is 2.74. The van der Waals surface area contributed by atoms with E-state index in [0.717, 1.165) is 17.7 Å². The molecule has 21 heavy (non-hydrogen) atoms. The Morgan fingerprint density at radius 1 is 1.24 bits per heavy atom. The van der Waals surface area contributed by atoms with Crippen LogP contribution in [-0.4, -0.2) is 17.6 Å². The molecule has 0 heterocycles. The van der Waals surface area contributed by atoms with Crippen molar-refractivity contribution < 1.29 is 18.7 Å². The molecule has 3 nitrogen and oxygen atoms in total. The van der Waals surface area contributed by atoms with Gasteiger partial charge in [-0.3, -0.25) is 4.79 Å². The number of hydrogen-bond acceptors (Lipinski definition) is 2. The molecule has 0 radical (unpaired) electrons. The number of halogens is 2. The highest BCUT2D eigenvalue weighted by molar-refractivity contribution is 5.94. The van der Waals surface area contributed by atoms with E-state index < -0.39 is 17.7 Å². The van der Waals surface area contributed by atoms with E-state index in [-0.39, 0.29) is 18.0 Å². The lowest BCUT2D eigenvalue weighted by atomic mass is 10.1. The number of hydrogen-bond donors (Lipinski definition) is 2. The molecule has 0 aliphatic carbocycles. The number of aliphatic hydroxyl groups excluding tert-OH is 1. The van der Waals surface area contributed by atoms with E-state index >= 15 is 0 Å². The number of carbonyl (C=O) groups excluding carboxylic acids is 1. The first-order chi connectivity index (χ1) is 9.97. The molecule has 2 rings (SSSR count). The summed E-state index contributed by atoms with van der Waals surface area (Å²) >= 11 is 0. The van der Waals surface area contributed by atoms with E-state index in [0.29, 0.717) is 11.6 Å². The van der Waals surface area contributed by atoms with Gasteiger partial charge in [0.1, 0.15) is 11.6 Å². The van der Waals surface area contributed by atoms with Gasteiger partial charge in [-0.05, 0) is 25.1 Å². The average Bonchev–Trinajstić information content (AvgIpc) is 2.44. The standard InChI is InChI=1S/C16H15F2NO2/c1-10-3-2-4-11(7-10)16(21)19-9-15(20)13-6-5-12(17)8-14(13)18/h2-8,15,20H,9H2,1H3,(H,19,21)/t15-/m1/s1. The molecule has 0 aliphatic heterocycles. The first-order valence-electron chi connectivity index (χ1n) is 6.45. The molecule has 1 atom stereocenters. The zero-order valence-electron chi connectivity index (χ0n) is 11.4. The number of carbonyl (C=O) groups is 1. The van der Waals surface area contributed by atoms with Gasteiger partial charge in [-0.15, -0.1) is 0 Å². The molecule has 1 amide bonds. The van der Waals surface area contributed by atoms with Crippen molar-refractivity contribution in [3.63, 3.8) is 0 Å². The minimum atomic E-state index is -1.24. The van der Waals surface area contributed by atoms with Crippen LogP contribution in [0.15, 0.2) is 42.5 Å². The van der Waals surface area contributed by atoms with Gasteiger partial charge in [-0.25, -0.2) is 8.78 Å². The summed E-state index contributed by atoms with van der Waals surface area (Å²) < 4.78 is 26.3. The van der Waals surface area contributed by atoms with Crippen LogP contribution in [0.4, 0.5) is 8.78 Å². The lowest BCUT2D eigenvalue weighted by molar-refractivity contribution is 0.0914. The highest BCUT2D eigenvalue weighted by Crippen LogP contribution is 2.17. The Bertz CT molecular complexity index is 658. The molecule has 0 bridgehead atoms. The molecule has 0 spiro atoms. The second kappa shape index (κ2) is 6.45. The van der Waals surface area contributed by atoms with Crippen LogP contribution in [0.2, 0.25) is 0 Å². The zero-order chi connectivity index (χ0) is 15.4. The van der Waals surface area contributed by atoms with Crippen molar-refractivity contribution in [2.45, 2.75) is 13.0 Å². The van der Waals surface area contributed by atoms with Gasteiger partial charge in [-0.2, -0.15) is 0 Å². The van der Waals surface area contributed by atoms with Crippen molar-refractivity contribution >= 4 is 5.91 Å². The lowest BCUT2D eigenvalue weighted by Crippen LogP contribution is -2.28. The van der Waals surface area contributed by atoms with E-state index in [9.17, 15) is 18.7 Å². The van der Waals surface area contributed by atoms with Crippen LogP contribution in [0.25, 0.3) is 0 Å². The molecule has 0 saturated heterocycles. The molecular weight excluding hydrogens is 276 g/mol.